The van der Waals surface area contributed by atoms with E-state index in [-0.39, 0.29) is 33.4 Å². The second-order valence-corrected chi connectivity index (χ2v) is 13.2. The first-order valence-corrected chi connectivity index (χ1v) is 16.4. The molecule has 4 aromatic carbocycles. The molecule has 0 saturated heterocycles. The summed E-state index contributed by atoms with van der Waals surface area (Å²) in [6, 6.07) is 23.2. The highest BCUT2D eigenvalue weighted by molar-refractivity contribution is 7.92. The molecule has 0 aromatic heterocycles. The normalized spacial score (nSPS) is 18.4. The number of carbonyl (C=O) groups is 1. The minimum atomic E-state index is -4.09. The Kier molecular flexibility index (Phi) is 8.58. The van der Waals surface area contributed by atoms with Crippen LogP contribution in [0.15, 0.2) is 113 Å². The topological polar surface area (TPSA) is 165 Å². The molecule has 47 heavy (non-hydrogen) atoms. The smallest absolute Gasteiger partial charge is 0.274 e. The van der Waals surface area contributed by atoms with Crippen molar-refractivity contribution in [2.75, 3.05) is 4.72 Å². The molecule has 12 nitrogen and oxygen atoms in total. The van der Waals surface area contributed by atoms with Crippen LogP contribution in [-0.4, -0.2) is 34.9 Å². The van der Waals surface area contributed by atoms with Gasteiger partial charge < -0.3 is 0 Å². The highest BCUT2D eigenvalue weighted by Gasteiger charge is 2.44. The highest BCUT2D eigenvalue weighted by atomic mass is 35.5. The van der Waals surface area contributed by atoms with Crippen LogP contribution < -0.4 is 4.72 Å². The van der Waals surface area contributed by atoms with Crippen LogP contribution in [0.4, 0.5) is 17.1 Å². The van der Waals surface area contributed by atoms with E-state index in [1.807, 2.05) is 6.08 Å². The van der Waals surface area contributed by atoms with Crippen molar-refractivity contribution >= 4 is 56.4 Å². The third-order valence-electron chi connectivity index (χ3n) is 8.04. The van der Waals surface area contributed by atoms with Gasteiger partial charge >= 0.3 is 0 Å². The molecule has 2 atom stereocenters. The Balaban J connectivity index is 1.40. The third-order valence-corrected chi connectivity index (χ3v) is 9.67. The van der Waals surface area contributed by atoms with Crippen molar-refractivity contribution in [1.82, 2.24) is 5.01 Å². The molecule has 1 fully saturated rings. The monoisotopic (exact) mass is 671 g/mol. The van der Waals surface area contributed by atoms with Crippen molar-refractivity contribution in [2.45, 2.75) is 30.2 Å². The summed E-state index contributed by atoms with van der Waals surface area (Å²) in [5, 5.41) is 29.5. The number of non-ortho nitro benzene ring substituents is 2. The SMILES string of the molecule is O=C(c1cccc(S(=O)(=O)Nc2ccc(Cl)cc2)c1)N1N=C2C(=Cc3cccc([N+](=O)[O-])c3)CCCC2C1c1cccc([N+](=O)[O-])c1. The molecule has 14 heteroatoms. The number of hydrogen-bond donors (Lipinski definition) is 1. The average molecular weight is 672 g/mol. The summed E-state index contributed by atoms with van der Waals surface area (Å²) in [6.45, 7) is 0. The van der Waals surface area contributed by atoms with Crippen LogP contribution >= 0.6 is 11.6 Å². The van der Waals surface area contributed by atoms with Gasteiger partial charge in [-0.2, -0.15) is 5.10 Å². The summed E-state index contributed by atoms with van der Waals surface area (Å²) in [5.74, 6) is -0.931. The fourth-order valence-corrected chi connectivity index (χ4v) is 7.14. The number of sulfonamides is 1. The van der Waals surface area contributed by atoms with Gasteiger partial charge in [0.05, 0.1) is 26.5 Å². The number of rotatable bonds is 8. The number of fused-ring (bicyclic) bond motifs is 1. The Morgan fingerprint density at radius 2 is 1.60 bits per heavy atom. The fraction of sp³-hybridized carbons (Fsp3) is 0.152. The van der Waals surface area contributed by atoms with Gasteiger partial charge in [0, 0.05) is 46.5 Å². The van der Waals surface area contributed by atoms with Crippen molar-refractivity contribution in [1.29, 1.82) is 0 Å². The van der Waals surface area contributed by atoms with Gasteiger partial charge in [0.25, 0.3) is 27.3 Å². The lowest BCUT2D eigenvalue weighted by Crippen LogP contribution is -2.32. The van der Waals surface area contributed by atoms with E-state index in [0.29, 0.717) is 34.7 Å². The molecule has 1 saturated carbocycles. The van der Waals surface area contributed by atoms with E-state index in [0.717, 1.165) is 12.0 Å². The number of amides is 1. The Morgan fingerprint density at radius 3 is 2.32 bits per heavy atom. The Labute approximate surface area is 274 Å². The number of nitrogens with one attached hydrogen (secondary N) is 1. The summed E-state index contributed by atoms with van der Waals surface area (Å²) in [7, 11) is -4.09. The Bertz CT molecular complexity index is 2080. The van der Waals surface area contributed by atoms with Crippen molar-refractivity contribution in [2.24, 2.45) is 11.0 Å². The van der Waals surface area contributed by atoms with Gasteiger partial charge in [0.2, 0.25) is 0 Å². The first-order chi connectivity index (χ1) is 22.5. The number of hydrogen-bond acceptors (Lipinski definition) is 8. The summed E-state index contributed by atoms with van der Waals surface area (Å²) in [5.41, 5.74) is 2.61. The average Bonchev–Trinajstić information content (AvgIpc) is 3.46. The van der Waals surface area contributed by atoms with Crippen LogP contribution in [0.3, 0.4) is 0 Å². The second kappa shape index (κ2) is 12.8. The predicted octanol–water partition coefficient (Wildman–Crippen LogP) is 7.39. The molecule has 0 bridgehead atoms. The highest BCUT2D eigenvalue weighted by Crippen LogP contribution is 2.45. The minimum Gasteiger partial charge on any atom is -0.280 e. The van der Waals surface area contributed by atoms with Gasteiger partial charge in [-0.25, -0.2) is 13.4 Å². The van der Waals surface area contributed by atoms with E-state index >= 15 is 0 Å². The number of nitro groups is 2. The lowest BCUT2D eigenvalue weighted by atomic mass is 9.77. The van der Waals surface area contributed by atoms with E-state index < -0.39 is 31.8 Å². The molecule has 2 aliphatic rings. The number of allylic oxidation sites excluding steroid dienone is 1. The van der Waals surface area contributed by atoms with Crippen molar-refractivity contribution in [3.05, 3.63) is 145 Å². The van der Waals surface area contributed by atoms with Gasteiger partial charge in [-0.15, -0.1) is 0 Å². The lowest BCUT2D eigenvalue weighted by molar-refractivity contribution is -0.385. The van der Waals surface area contributed by atoms with Crippen LogP contribution in [0, 0.1) is 26.1 Å². The molecule has 6 rings (SSSR count). The van der Waals surface area contributed by atoms with E-state index in [1.165, 1.54) is 65.7 Å². The van der Waals surface area contributed by atoms with E-state index in [1.54, 1.807) is 36.4 Å². The Hall–Kier alpha value is -5.40. The number of benzene rings is 4. The summed E-state index contributed by atoms with van der Waals surface area (Å²) in [6.07, 6.45) is 3.77. The zero-order chi connectivity index (χ0) is 33.3. The predicted molar refractivity (Wildman–Crippen MR) is 177 cm³/mol. The van der Waals surface area contributed by atoms with Crippen LogP contribution in [0.1, 0.15) is 46.8 Å². The summed E-state index contributed by atoms with van der Waals surface area (Å²) in [4.78, 5) is 36.1. The molecule has 1 N–H and O–H groups in total. The lowest BCUT2D eigenvalue weighted by Gasteiger charge is -2.29. The molecule has 0 radical (unpaired) electrons. The molecule has 2 unspecified atom stereocenters. The van der Waals surface area contributed by atoms with E-state index in [9.17, 15) is 33.4 Å². The van der Waals surface area contributed by atoms with Gasteiger partial charge in [-0.05, 0) is 84.5 Å². The Morgan fingerprint density at radius 1 is 0.915 bits per heavy atom. The number of halogens is 1. The van der Waals surface area contributed by atoms with Crippen LogP contribution in [0.25, 0.3) is 6.08 Å². The number of nitrogens with zero attached hydrogens (tertiary/aromatic N) is 4. The molecule has 1 amide bonds. The number of carbonyl (C=O) groups excluding carboxylic acids is 1. The largest absolute Gasteiger partial charge is 0.280 e. The maximum Gasteiger partial charge on any atom is 0.274 e. The van der Waals surface area contributed by atoms with Gasteiger partial charge in [-0.1, -0.05) is 41.9 Å². The van der Waals surface area contributed by atoms with Gasteiger partial charge in [0.15, 0.2) is 0 Å². The van der Waals surface area contributed by atoms with E-state index in [2.05, 4.69) is 4.72 Å². The van der Waals surface area contributed by atoms with Crippen LogP contribution in [0.2, 0.25) is 5.02 Å². The quantitative estimate of drug-likeness (QED) is 0.151. The second-order valence-electron chi connectivity index (χ2n) is 11.1. The summed E-state index contributed by atoms with van der Waals surface area (Å²) < 4.78 is 29.0. The van der Waals surface area contributed by atoms with Crippen molar-refractivity contribution in [3.63, 3.8) is 0 Å². The molecule has 1 aliphatic carbocycles. The third kappa shape index (κ3) is 6.62. The fourth-order valence-electron chi connectivity index (χ4n) is 5.91. The van der Waals surface area contributed by atoms with E-state index in [4.69, 9.17) is 16.7 Å². The molecule has 1 heterocycles. The molecular formula is C33H26ClN5O7S. The maximum atomic E-state index is 14.2. The maximum absolute atomic E-state index is 14.2. The summed E-state index contributed by atoms with van der Waals surface area (Å²) >= 11 is 5.92. The zero-order valence-corrected chi connectivity index (χ0v) is 26.1. The zero-order valence-electron chi connectivity index (χ0n) is 24.5. The first-order valence-electron chi connectivity index (χ1n) is 14.5. The van der Waals surface area contributed by atoms with Crippen molar-refractivity contribution < 1.29 is 23.1 Å². The standard InChI is InChI=1S/C33H26ClN5O7S/c34-25-13-15-26(16-14-25)36-47(45,46)29-11-3-8-24(20-29)33(40)37-32(23-7-2-10-28(19-23)39(43)44)30-12-4-6-22(31(30)35-37)17-21-5-1-9-27(18-21)38(41)42/h1-3,5,7-11,13-20,30,32,36H,4,6,12H2. The van der Waals surface area contributed by atoms with Crippen molar-refractivity contribution in [3.8, 4) is 0 Å². The molecular weight excluding hydrogens is 646 g/mol. The first kappa shape index (κ1) is 31.6. The molecule has 4 aromatic rings. The number of hydrazone groups is 1. The minimum absolute atomic E-state index is 0.0478. The van der Waals surface area contributed by atoms with Crippen LogP contribution in [-0.2, 0) is 10.0 Å². The van der Waals surface area contributed by atoms with Crippen LogP contribution in [0.5, 0.6) is 0 Å². The number of anilines is 1. The molecule has 1 aliphatic heterocycles. The van der Waals surface area contributed by atoms with Gasteiger partial charge in [0.1, 0.15) is 0 Å². The molecule has 0 spiro atoms. The molecule has 238 valence electrons. The van der Waals surface area contributed by atoms with Gasteiger partial charge in [-0.3, -0.25) is 29.7 Å². The number of nitro benzene ring substituents is 2.